The molecule has 0 fully saturated rings. The molecule has 8 nitrogen and oxygen atoms in total. The summed E-state index contributed by atoms with van der Waals surface area (Å²) >= 11 is 0. The number of nitrogens with one attached hydrogen (secondary N) is 2. The summed E-state index contributed by atoms with van der Waals surface area (Å²) in [7, 11) is 1.27. The average Bonchev–Trinajstić information content (AvgIpc) is 2.82. The number of amides is 2. The van der Waals surface area contributed by atoms with E-state index in [0.29, 0.717) is 25.8 Å². The van der Waals surface area contributed by atoms with E-state index >= 15 is 0 Å². The summed E-state index contributed by atoms with van der Waals surface area (Å²) in [6.07, 6.45) is 1.26. The fraction of sp³-hybridized carbons (Fsp3) is 0.375. The largest absolute Gasteiger partial charge is 0.467 e. The Morgan fingerprint density at radius 3 is 2.09 bits per heavy atom. The summed E-state index contributed by atoms with van der Waals surface area (Å²) in [5, 5.41) is 5.31. The molecular formula is C24H31N3O5. The summed E-state index contributed by atoms with van der Waals surface area (Å²) in [4.78, 5) is 37.5. The van der Waals surface area contributed by atoms with Crippen LogP contribution in [0.3, 0.4) is 0 Å². The quantitative estimate of drug-likeness (QED) is 0.343. The molecule has 0 aliphatic heterocycles. The minimum absolute atomic E-state index is 0.0859. The van der Waals surface area contributed by atoms with Crippen molar-refractivity contribution in [3.63, 3.8) is 0 Å². The van der Waals surface area contributed by atoms with Gasteiger partial charge in [-0.25, -0.2) is 9.59 Å². The third-order valence-electron chi connectivity index (χ3n) is 4.85. The van der Waals surface area contributed by atoms with E-state index in [1.165, 1.54) is 7.11 Å². The van der Waals surface area contributed by atoms with Gasteiger partial charge in [0, 0.05) is 6.42 Å². The van der Waals surface area contributed by atoms with E-state index in [2.05, 4.69) is 10.6 Å². The molecule has 0 bridgehead atoms. The molecular weight excluding hydrogens is 410 g/mol. The Morgan fingerprint density at radius 1 is 0.875 bits per heavy atom. The van der Waals surface area contributed by atoms with Crippen LogP contribution in [0.1, 0.15) is 30.4 Å². The first-order valence-electron chi connectivity index (χ1n) is 10.6. The minimum Gasteiger partial charge on any atom is -0.467 e. The molecule has 0 saturated heterocycles. The number of rotatable bonds is 12. The standard InChI is InChI=1S/C24H31N3O5/c1-31-23(29)21(16-18-10-4-2-5-11-18)26-22(28)20(14-8-9-15-25)27-24(30)32-17-19-12-6-3-7-13-19/h2-7,10-13,20-21H,8-9,14-17,25H2,1H3,(H,26,28)(H,27,30)/t20-,21-/m0/s1. The Kier molecular flexibility index (Phi) is 10.7. The third-order valence-corrected chi connectivity index (χ3v) is 4.85. The second-order valence-corrected chi connectivity index (χ2v) is 7.32. The van der Waals surface area contributed by atoms with Gasteiger partial charge in [0.15, 0.2) is 0 Å². The van der Waals surface area contributed by atoms with E-state index in [1.807, 2.05) is 60.7 Å². The first kappa shape index (κ1) is 24.9. The molecule has 4 N–H and O–H groups in total. The maximum atomic E-state index is 12.9. The van der Waals surface area contributed by atoms with Gasteiger partial charge in [0.25, 0.3) is 0 Å². The second-order valence-electron chi connectivity index (χ2n) is 7.32. The molecule has 2 aromatic carbocycles. The number of hydrogen-bond acceptors (Lipinski definition) is 6. The highest BCUT2D eigenvalue weighted by molar-refractivity contribution is 5.89. The summed E-state index contributed by atoms with van der Waals surface area (Å²) < 4.78 is 10.1. The van der Waals surface area contributed by atoms with E-state index in [4.69, 9.17) is 15.2 Å². The fourth-order valence-corrected chi connectivity index (χ4v) is 3.13. The van der Waals surface area contributed by atoms with Crippen molar-refractivity contribution < 1.29 is 23.9 Å². The van der Waals surface area contributed by atoms with Gasteiger partial charge >= 0.3 is 12.1 Å². The van der Waals surface area contributed by atoms with Crippen LogP contribution >= 0.6 is 0 Å². The topological polar surface area (TPSA) is 120 Å². The molecule has 2 amide bonds. The molecule has 0 radical (unpaired) electrons. The maximum absolute atomic E-state index is 12.9. The summed E-state index contributed by atoms with van der Waals surface area (Å²) in [6, 6.07) is 16.8. The molecule has 0 aliphatic rings. The second kappa shape index (κ2) is 13.8. The van der Waals surface area contributed by atoms with Crippen LogP contribution in [0, 0.1) is 0 Å². The Bertz CT molecular complexity index is 845. The van der Waals surface area contributed by atoms with Gasteiger partial charge in [-0.1, -0.05) is 60.7 Å². The van der Waals surface area contributed by atoms with Crippen LogP contribution in [0.2, 0.25) is 0 Å². The van der Waals surface area contributed by atoms with Crippen LogP contribution in [0.5, 0.6) is 0 Å². The number of nitrogens with two attached hydrogens (primary N) is 1. The van der Waals surface area contributed by atoms with Crippen LogP contribution in [0.4, 0.5) is 4.79 Å². The lowest BCUT2D eigenvalue weighted by Crippen LogP contribution is -2.52. The fourth-order valence-electron chi connectivity index (χ4n) is 3.13. The van der Waals surface area contributed by atoms with Crippen LogP contribution in [-0.4, -0.2) is 43.7 Å². The van der Waals surface area contributed by atoms with Crippen LogP contribution < -0.4 is 16.4 Å². The van der Waals surface area contributed by atoms with Crippen molar-refractivity contribution in [2.45, 2.75) is 44.4 Å². The molecule has 2 atom stereocenters. The average molecular weight is 442 g/mol. The highest BCUT2D eigenvalue weighted by Crippen LogP contribution is 2.08. The number of carbonyl (C=O) groups excluding carboxylic acids is 3. The molecule has 2 rings (SSSR count). The van der Waals surface area contributed by atoms with E-state index in [0.717, 1.165) is 11.1 Å². The zero-order chi connectivity index (χ0) is 23.2. The Morgan fingerprint density at radius 2 is 1.50 bits per heavy atom. The third kappa shape index (κ3) is 8.77. The summed E-state index contributed by atoms with van der Waals surface area (Å²) in [5.41, 5.74) is 7.26. The van der Waals surface area contributed by atoms with Crippen molar-refractivity contribution in [1.82, 2.24) is 10.6 Å². The molecule has 172 valence electrons. The number of benzene rings is 2. The molecule has 0 saturated carbocycles. The van der Waals surface area contributed by atoms with Crippen molar-refractivity contribution in [3.05, 3.63) is 71.8 Å². The van der Waals surface area contributed by atoms with Gasteiger partial charge in [-0.05, 0) is 36.9 Å². The molecule has 2 aromatic rings. The monoisotopic (exact) mass is 441 g/mol. The number of esters is 1. The van der Waals surface area contributed by atoms with Crippen LogP contribution in [-0.2, 0) is 32.1 Å². The van der Waals surface area contributed by atoms with Crippen molar-refractivity contribution in [2.24, 2.45) is 5.73 Å². The molecule has 0 heterocycles. The van der Waals surface area contributed by atoms with Gasteiger partial charge in [0.05, 0.1) is 7.11 Å². The number of alkyl carbamates (subject to hydrolysis) is 1. The highest BCUT2D eigenvalue weighted by Gasteiger charge is 2.27. The lowest BCUT2D eigenvalue weighted by molar-refractivity contribution is -0.145. The normalized spacial score (nSPS) is 12.3. The van der Waals surface area contributed by atoms with E-state index in [-0.39, 0.29) is 13.0 Å². The SMILES string of the molecule is COC(=O)[C@H](Cc1ccccc1)NC(=O)[C@H](CCCCN)NC(=O)OCc1ccccc1. The van der Waals surface area contributed by atoms with Gasteiger partial charge < -0.3 is 25.8 Å². The van der Waals surface area contributed by atoms with Crippen molar-refractivity contribution in [1.29, 1.82) is 0 Å². The zero-order valence-corrected chi connectivity index (χ0v) is 18.3. The zero-order valence-electron chi connectivity index (χ0n) is 18.3. The Labute approximate surface area is 188 Å². The molecule has 32 heavy (non-hydrogen) atoms. The predicted octanol–water partition coefficient (Wildman–Crippen LogP) is 2.31. The molecule has 0 spiro atoms. The molecule has 8 heteroatoms. The van der Waals surface area contributed by atoms with E-state index in [9.17, 15) is 14.4 Å². The summed E-state index contributed by atoms with van der Waals surface area (Å²) in [6.45, 7) is 0.564. The molecule has 0 aromatic heterocycles. The summed E-state index contributed by atoms with van der Waals surface area (Å²) in [5.74, 6) is -1.04. The van der Waals surface area contributed by atoms with Gasteiger partial charge in [0.1, 0.15) is 18.7 Å². The van der Waals surface area contributed by atoms with Crippen LogP contribution in [0.15, 0.2) is 60.7 Å². The van der Waals surface area contributed by atoms with Crippen LogP contribution in [0.25, 0.3) is 0 Å². The van der Waals surface area contributed by atoms with Gasteiger partial charge in [-0.2, -0.15) is 0 Å². The van der Waals surface area contributed by atoms with Crippen molar-refractivity contribution >= 4 is 18.0 Å². The van der Waals surface area contributed by atoms with E-state index in [1.54, 1.807) is 0 Å². The van der Waals surface area contributed by atoms with Gasteiger partial charge in [-0.15, -0.1) is 0 Å². The smallest absolute Gasteiger partial charge is 0.408 e. The number of hydrogen-bond donors (Lipinski definition) is 3. The Balaban J connectivity index is 2.01. The number of methoxy groups -OCH3 is 1. The van der Waals surface area contributed by atoms with Gasteiger partial charge in [-0.3, -0.25) is 4.79 Å². The first-order valence-corrected chi connectivity index (χ1v) is 10.6. The highest BCUT2D eigenvalue weighted by atomic mass is 16.5. The minimum atomic E-state index is -0.881. The molecule has 0 unspecified atom stereocenters. The first-order chi connectivity index (χ1) is 15.5. The predicted molar refractivity (Wildman–Crippen MR) is 121 cm³/mol. The Hall–Kier alpha value is -3.39. The lowest BCUT2D eigenvalue weighted by atomic mass is 10.0. The number of carbonyl (C=O) groups is 3. The van der Waals surface area contributed by atoms with Crippen molar-refractivity contribution in [2.75, 3.05) is 13.7 Å². The lowest BCUT2D eigenvalue weighted by Gasteiger charge is -2.22. The van der Waals surface area contributed by atoms with Gasteiger partial charge in [0.2, 0.25) is 5.91 Å². The molecule has 0 aliphatic carbocycles. The number of ether oxygens (including phenoxy) is 2. The van der Waals surface area contributed by atoms with E-state index < -0.39 is 30.1 Å². The van der Waals surface area contributed by atoms with Crippen molar-refractivity contribution in [3.8, 4) is 0 Å². The maximum Gasteiger partial charge on any atom is 0.408 e. The number of unbranched alkanes of at least 4 members (excludes halogenated alkanes) is 1.